The lowest BCUT2D eigenvalue weighted by molar-refractivity contribution is -0.0701. The lowest BCUT2D eigenvalue weighted by Gasteiger charge is -2.45. The smallest absolute Gasteiger partial charge is 0.410 e. The average molecular weight is 298 g/mol. The molecule has 0 radical (unpaired) electrons. The van der Waals surface area contributed by atoms with E-state index >= 15 is 0 Å². The van der Waals surface area contributed by atoms with Crippen LogP contribution in [0.4, 0.5) is 4.79 Å². The minimum Gasteiger partial charge on any atom is -0.444 e. The predicted molar refractivity (Wildman–Crippen MR) is 77.9 cm³/mol. The van der Waals surface area contributed by atoms with E-state index in [1.54, 1.807) is 17.0 Å². The van der Waals surface area contributed by atoms with Crippen LogP contribution in [0.2, 0.25) is 5.02 Å². The highest BCUT2D eigenvalue weighted by Crippen LogP contribution is 2.25. The quantitative estimate of drug-likeness (QED) is 0.913. The zero-order valence-corrected chi connectivity index (χ0v) is 12.7. The zero-order chi connectivity index (χ0) is 14.9. The molecule has 1 N–H and O–H groups in total. The van der Waals surface area contributed by atoms with Gasteiger partial charge in [-0.25, -0.2) is 4.79 Å². The SMILES string of the molecule is CC(C)(C)OC(=O)N1CC(O)[C@@H]1Cc1ccc(Cl)cc1. The van der Waals surface area contributed by atoms with Gasteiger partial charge in [0.05, 0.1) is 18.7 Å². The first-order valence-corrected chi connectivity index (χ1v) is 7.06. The van der Waals surface area contributed by atoms with Crippen LogP contribution >= 0.6 is 11.6 Å². The van der Waals surface area contributed by atoms with E-state index in [9.17, 15) is 9.90 Å². The van der Waals surface area contributed by atoms with Crippen LogP contribution < -0.4 is 0 Å². The number of β-amino-alcohol motifs (C(OH)–C–C–N with tert-alkyl or cyclic N) is 1. The molecular weight excluding hydrogens is 278 g/mol. The summed E-state index contributed by atoms with van der Waals surface area (Å²) in [5.41, 5.74) is 0.509. The second kappa shape index (κ2) is 5.62. The monoisotopic (exact) mass is 297 g/mol. The number of nitrogens with zero attached hydrogens (tertiary/aromatic N) is 1. The van der Waals surface area contributed by atoms with Gasteiger partial charge in [-0.3, -0.25) is 4.90 Å². The Morgan fingerprint density at radius 1 is 1.40 bits per heavy atom. The minimum absolute atomic E-state index is 0.231. The van der Waals surface area contributed by atoms with Crippen molar-refractivity contribution >= 4 is 17.7 Å². The maximum Gasteiger partial charge on any atom is 0.410 e. The number of hydrogen-bond acceptors (Lipinski definition) is 3. The Bertz CT molecular complexity index is 481. The van der Waals surface area contributed by atoms with Gasteiger partial charge in [-0.1, -0.05) is 23.7 Å². The summed E-state index contributed by atoms with van der Waals surface area (Å²) in [5, 5.41) is 10.5. The fraction of sp³-hybridized carbons (Fsp3) is 0.533. The molecule has 1 heterocycles. The summed E-state index contributed by atoms with van der Waals surface area (Å²) in [6.07, 6.45) is -0.280. The van der Waals surface area contributed by atoms with E-state index in [-0.39, 0.29) is 12.1 Å². The van der Waals surface area contributed by atoms with Crippen molar-refractivity contribution in [2.45, 2.75) is 44.9 Å². The van der Waals surface area contributed by atoms with Gasteiger partial charge in [0.2, 0.25) is 0 Å². The highest BCUT2D eigenvalue weighted by atomic mass is 35.5. The largest absolute Gasteiger partial charge is 0.444 e. The maximum absolute atomic E-state index is 12.0. The summed E-state index contributed by atoms with van der Waals surface area (Å²) >= 11 is 5.84. The number of carbonyl (C=O) groups is 1. The highest BCUT2D eigenvalue weighted by molar-refractivity contribution is 6.30. The summed E-state index contributed by atoms with van der Waals surface area (Å²) in [5.74, 6) is 0. The van der Waals surface area contributed by atoms with Gasteiger partial charge in [-0.2, -0.15) is 0 Å². The Morgan fingerprint density at radius 3 is 2.50 bits per heavy atom. The molecule has 1 aliphatic heterocycles. The number of rotatable bonds is 2. The van der Waals surface area contributed by atoms with Gasteiger partial charge in [0.15, 0.2) is 0 Å². The highest BCUT2D eigenvalue weighted by Gasteiger charge is 2.42. The van der Waals surface area contributed by atoms with Crippen LogP contribution in [0.15, 0.2) is 24.3 Å². The fourth-order valence-electron chi connectivity index (χ4n) is 2.17. The maximum atomic E-state index is 12.0. The molecule has 1 unspecified atom stereocenters. The van der Waals surface area contributed by atoms with Gasteiger partial charge >= 0.3 is 6.09 Å². The normalized spacial score (nSPS) is 22.4. The molecular formula is C15H20ClNO3. The van der Waals surface area contributed by atoms with Crippen molar-refractivity contribution in [2.24, 2.45) is 0 Å². The molecule has 0 aromatic heterocycles. The molecule has 1 aliphatic rings. The van der Waals surface area contributed by atoms with Crippen molar-refractivity contribution < 1.29 is 14.6 Å². The van der Waals surface area contributed by atoms with Crippen molar-refractivity contribution in [3.63, 3.8) is 0 Å². The molecule has 0 saturated carbocycles. The van der Waals surface area contributed by atoms with Crippen molar-refractivity contribution in [3.8, 4) is 0 Å². The van der Waals surface area contributed by atoms with Crippen LogP contribution in [-0.2, 0) is 11.2 Å². The Balaban J connectivity index is 1.99. The molecule has 1 fully saturated rings. The third-order valence-corrected chi connectivity index (χ3v) is 3.47. The number of aliphatic hydroxyl groups is 1. The lowest BCUT2D eigenvalue weighted by atomic mass is 9.93. The molecule has 5 heteroatoms. The summed E-state index contributed by atoms with van der Waals surface area (Å²) in [7, 11) is 0. The number of hydrogen-bond donors (Lipinski definition) is 1. The Kier molecular flexibility index (Phi) is 4.25. The van der Waals surface area contributed by atoms with E-state index in [4.69, 9.17) is 16.3 Å². The first-order valence-electron chi connectivity index (χ1n) is 6.68. The van der Waals surface area contributed by atoms with Crippen LogP contribution in [0.1, 0.15) is 26.3 Å². The number of benzene rings is 1. The van der Waals surface area contributed by atoms with Crippen LogP contribution in [0, 0.1) is 0 Å². The molecule has 2 rings (SSSR count). The molecule has 1 aromatic carbocycles. The Labute approximate surface area is 124 Å². The molecule has 0 bridgehead atoms. The average Bonchev–Trinajstić information content (AvgIpc) is 2.32. The van der Waals surface area contributed by atoms with E-state index in [2.05, 4.69) is 0 Å². The summed E-state index contributed by atoms with van der Waals surface area (Å²) < 4.78 is 5.33. The van der Waals surface area contributed by atoms with Crippen LogP contribution in [0.25, 0.3) is 0 Å². The van der Waals surface area contributed by atoms with E-state index in [1.165, 1.54) is 0 Å². The van der Waals surface area contributed by atoms with Crippen molar-refractivity contribution in [3.05, 3.63) is 34.9 Å². The molecule has 0 spiro atoms. The standard InChI is InChI=1S/C15H20ClNO3/c1-15(2,3)20-14(19)17-9-13(18)12(17)8-10-4-6-11(16)7-5-10/h4-7,12-13,18H,8-9H2,1-3H3/t12-,13?/m0/s1. The molecule has 0 aliphatic carbocycles. The van der Waals surface area contributed by atoms with E-state index in [0.717, 1.165) is 5.56 Å². The molecule has 4 nitrogen and oxygen atoms in total. The van der Waals surface area contributed by atoms with Gasteiger partial charge < -0.3 is 9.84 Å². The summed E-state index contributed by atoms with van der Waals surface area (Å²) in [4.78, 5) is 13.6. The van der Waals surface area contributed by atoms with Gasteiger partial charge in [-0.15, -0.1) is 0 Å². The van der Waals surface area contributed by atoms with E-state index in [1.807, 2.05) is 32.9 Å². The molecule has 20 heavy (non-hydrogen) atoms. The fourth-order valence-corrected chi connectivity index (χ4v) is 2.29. The predicted octanol–water partition coefficient (Wildman–Crippen LogP) is 2.86. The van der Waals surface area contributed by atoms with Crippen LogP contribution in [-0.4, -0.2) is 40.4 Å². The first-order chi connectivity index (χ1) is 9.26. The topological polar surface area (TPSA) is 49.8 Å². The van der Waals surface area contributed by atoms with Crippen LogP contribution in [0.3, 0.4) is 0 Å². The van der Waals surface area contributed by atoms with Crippen molar-refractivity contribution in [1.29, 1.82) is 0 Å². The number of amides is 1. The second-order valence-corrected chi connectivity index (χ2v) is 6.53. The van der Waals surface area contributed by atoms with Gasteiger partial charge in [0.25, 0.3) is 0 Å². The van der Waals surface area contributed by atoms with E-state index in [0.29, 0.717) is 18.0 Å². The van der Waals surface area contributed by atoms with Crippen LogP contribution in [0.5, 0.6) is 0 Å². The number of aliphatic hydroxyl groups excluding tert-OH is 1. The molecule has 1 saturated heterocycles. The van der Waals surface area contributed by atoms with Gasteiger partial charge in [-0.05, 0) is 44.9 Å². The Morgan fingerprint density at radius 2 is 2.00 bits per heavy atom. The number of carbonyl (C=O) groups excluding carboxylic acids is 1. The summed E-state index contributed by atoms with van der Waals surface area (Å²) in [6.45, 7) is 5.81. The third-order valence-electron chi connectivity index (χ3n) is 3.21. The van der Waals surface area contributed by atoms with Crippen molar-refractivity contribution in [1.82, 2.24) is 4.90 Å². The van der Waals surface area contributed by atoms with Gasteiger partial charge in [0.1, 0.15) is 5.60 Å². The molecule has 2 atom stereocenters. The minimum atomic E-state index is -0.525. The van der Waals surface area contributed by atoms with Gasteiger partial charge in [0, 0.05) is 5.02 Å². The Hall–Kier alpha value is -1.26. The first kappa shape index (κ1) is 15.1. The lowest BCUT2D eigenvalue weighted by Crippen LogP contribution is -2.63. The number of ether oxygens (including phenoxy) is 1. The zero-order valence-electron chi connectivity index (χ0n) is 12.0. The summed E-state index contributed by atoms with van der Waals surface area (Å²) in [6, 6.07) is 7.19. The second-order valence-electron chi connectivity index (χ2n) is 6.10. The molecule has 110 valence electrons. The molecule has 1 amide bonds. The van der Waals surface area contributed by atoms with Crippen molar-refractivity contribution in [2.75, 3.05) is 6.54 Å². The molecule has 1 aromatic rings. The third kappa shape index (κ3) is 3.64. The number of halogens is 1. The van der Waals surface area contributed by atoms with E-state index < -0.39 is 11.7 Å². The number of likely N-dealkylation sites (tertiary alicyclic amines) is 1.